The summed E-state index contributed by atoms with van der Waals surface area (Å²) in [6.07, 6.45) is 0. The fraction of sp³-hybridized carbons (Fsp3) is 0. The van der Waals surface area contributed by atoms with E-state index in [1.165, 1.54) is 0 Å². The van der Waals surface area contributed by atoms with Crippen molar-refractivity contribution in [3.05, 3.63) is 0 Å². The van der Waals surface area contributed by atoms with Crippen molar-refractivity contribution in [2.45, 2.75) is 0 Å². The molecule has 0 aliphatic rings. The summed E-state index contributed by atoms with van der Waals surface area (Å²) in [6, 6.07) is 0. The number of hydrogen-bond acceptors (Lipinski definition) is 4. The molecule has 0 unspecified atom stereocenters. The molecule has 0 aromatic heterocycles. The van der Waals surface area contributed by atoms with E-state index in [0.29, 0.717) is 0 Å². The summed E-state index contributed by atoms with van der Waals surface area (Å²) in [7, 11) is -4.61. The fourth-order valence-electron chi connectivity index (χ4n) is 0. The molecule has 0 aromatic rings. The molecule has 0 spiro atoms. The maximum atomic E-state index is 7.33. The van der Waals surface area contributed by atoms with Gasteiger partial charge in [0.2, 0.25) is 0 Å². The second-order valence-corrected chi connectivity index (χ2v) is 1.80. The maximum Gasteiger partial charge on any atom is 2.00 e. The molecule has 0 aromatic carbocycles. The molecule has 0 amide bonds. The molecule has 4 nitrogen and oxygen atoms in total. The van der Waals surface area contributed by atoms with Crippen LogP contribution in [0.5, 0.6) is 0 Å². The first-order valence-electron chi connectivity index (χ1n) is 0.894. The first-order chi connectivity index (χ1) is 2.00. The van der Waals surface area contributed by atoms with Crippen LogP contribution in [0.1, 0.15) is 5.71 Å². The average Bonchev–Trinajstić information content (AvgIpc) is 0.722. The van der Waals surface area contributed by atoms with Gasteiger partial charge in [-0.1, -0.05) is 0 Å². The molecule has 8 heavy (non-hydrogen) atoms. The summed E-state index contributed by atoms with van der Waals surface area (Å²) < 4.78 is 0. The minimum Gasteiger partial charge on any atom is -1.00 e. The van der Waals surface area contributed by atoms with Gasteiger partial charge in [0.25, 0.3) is 0 Å². The molecule has 8 heteroatoms. The van der Waals surface area contributed by atoms with Gasteiger partial charge in [-0.05, 0) is 0 Å². The van der Waals surface area contributed by atoms with Gasteiger partial charge in [0.1, 0.15) is 0 Å². The Morgan fingerprint density at radius 1 is 1.00 bits per heavy atom. The Bertz CT molecular complexity index is 42.5. The molecule has 0 saturated carbocycles. The standard InChI is InChI=1S/Ba.Eu.Mg.H4O4Si.4H/c;;;1-5(2,3)4;;;;/h;;;1-4H;;;;/q+2;;+2;;4*-1. The van der Waals surface area contributed by atoms with Crippen LogP contribution in [0.25, 0.3) is 0 Å². The molecule has 0 aliphatic heterocycles. The van der Waals surface area contributed by atoms with Gasteiger partial charge in [-0.3, -0.25) is 0 Å². The molecule has 0 aliphatic carbocycles. The zero-order valence-electron chi connectivity index (χ0n) is 8.08. The first kappa shape index (κ1) is 22.7. The molecule has 1 radical (unpaired) electrons. The molecule has 4 N–H and O–H groups in total. The van der Waals surface area contributed by atoms with Crippen LogP contribution in [-0.4, -0.2) is 100 Å². The normalized spacial score (nSPS) is 7.50. The van der Waals surface area contributed by atoms with Crippen molar-refractivity contribution in [3.63, 3.8) is 0 Å². The van der Waals surface area contributed by atoms with Gasteiger partial charge in [0, 0.05) is 49.4 Å². The molecule has 0 saturated heterocycles. The van der Waals surface area contributed by atoms with E-state index in [2.05, 4.69) is 0 Å². The van der Waals surface area contributed by atoms with Gasteiger partial charge in [-0.2, -0.15) is 0 Å². The summed E-state index contributed by atoms with van der Waals surface area (Å²) >= 11 is 0. The van der Waals surface area contributed by atoms with Gasteiger partial charge in [0.05, 0.1) is 0 Å². The van der Waals surface area contributed by atoms with Crippen LogP contribution in [0.4, 0.5) is 0 Å². The molecule has 0 rings (SSSR count). The van der Waals surface area contributed by atoms with E-state index in [0.717, 1.165) is 0 Å². The summed E-state index contributed by atoms with van der Waals surface area (Å²) in [6.45, 7) is 0. The van der Waals surface area contributed by atoms with Crippen molar-refractivity contribution in [1.82, 2.24) is 0 Å². The largest absolute Gasteiger partial charge is 2.00 e. The van der Waals surface area contributed by atoms with Crippen molar-refractivity contribution in [3.8, 4) is 0 Å². The summed E-state index contributed by atoms with van der Waals surface area (Å²) in [4.78, 5) is 29.3. The van der Waals surface area contributed by atoms with Gasteiger partial charge in [-0.25, -0.2) is 0 Å². The Balaban J connectivity index is -0.00000000381. The molecule has 0 heterocycles. The van der Waals surface area contributed by atoms with Gasteiger partial charge < -0.3 is 24.9 Å². The Morgan fingerprint density at radius 3 is 1.00 bits per heavy atom. The zero-order chi connectivity index (χ0) is 4.50. The van der Waals surface area contributed by atoms with Crippen LogP contribution in [0.3, 0.4) is 0 Å². The van der Waals surface area contributed by atoms with E-state index in [4.69, 9.17) is 19.2 Å². The Kier molecular flexibility index (Phi) is 31.1. The molecule has 0 bridgehead atoms. The minimum atomic E-state index is -4.61. The topological polar surface area (TPSA) is 80.9 Å². The molecule has 47 valence electrons. The summed E-state index contributed by atoms with van der Waals surface area (Å²) in [5.41, 5.74) is 0. The summed E-state index contributed by atoms with van der Waals surface area (Å²) in [5, 5.41) is 0. The third kappa shape index (κ3) is 50.8. The second kappa shape index (κ2) is 11.0. The Morgan fingerprint density at radius 2 is 1.00 bits per heavy atom. The Labute approximate surface area is 151 Å². The average molecular weight is 414 g/mol. The van der Waals surface area contributed by atoms with E-state index in [1.807, 2.05) is 0 Å². The predicted molar refractivity (Wildman–Crippen MR) is 30.6 cm³/mol. The van der Waals surface area contributed by atoms with Gasteiger partial charge in [-0.15, -0.1) is 0 Å². The maximum absolute atomic E-state index is 7.33. The van der Waals surface area contributed by atoms with Crippen molar-refractivity contribution >= 4 is 81.0 Å². The first-order valence-corrected chi connectivity index (χ1v) is 2.68. The van der Waals surface area contributed by atoms with Crippen LogP contribution < -0.4 is 0 Å². The van der Waals surface area contributed by atoms with E-state index in [9.17, 15) is 0 Å². The molecular weight excluding hydrogens is 406 g/mol. The van der Waals surface area contributed by atoms with Crippen LogP contribution in [-0.2, 0) is 0 Å². The predicted octanol–water partition coefficient (Wildman–Crippen LogP) is -2.92. The summed E-state index contributed by atoms with van der Waals surface area (Å²) in [5.74, 6) is 0. The second-order valence-electron chi connectivity index (χ2n) is 0.600. The molecule has 0 fully saturated rings. The molecule has 0 atom stereocenters. The van der Waals surface area contributed by atoms with Crippen molar-refractivity contribution in [1.29, 1.82) is 0 Å². The Hall–Kier alpha value is 3.98. The quantitative estimate of drug-likeness (QED) is 0.321. The zero-order valence-corrected chi connectivity index (χ0v) is 13.4. The monoisotopic (exact) mass is 415 g/mol. The van der Waals surface area contributed by atoms with Crippen molar-refractivity contribution < 1.29 is 74.3 Å². The van der Waals surface area contributed by atoms with Crippen LogP contribution in [0, 0.1) is 49.4 Å². The smallest absolute Gasteiger partial charge is 1.00 e. The van der Waals surface area contributed by atoms with Gasteiger partial charge in [0.15, 0.2) is 0 Å². The SMILES string of the molecule is O[Si](O)(O)O.[Ba+2].[Eu].[H-].[H-].[H-].[H-].[Mg+2]. The van der Waals surface area contributed by atoms with Gasteiger partial charge >= 0.3 is 81.0 Å². The van der Waals surface area contributed by atoms with Crippen LogP contribution >= 0.6 is 0 Å². The van der Waals surface area contributed by atoms with Crippen molar-refractivity contribution in [2.75, 3.05) is 0 Å². The van der Waals surface area contributed by atoms with Crippen LogP contribution in [0.15, 0.2) is 0 Å². The van der Waals surface area contributed by atoms with E-state index < -0.39 is 9.05 Å². The van der Waals surface area contributed by atoms with E-state index in [1.54, 1.807) is 0 Å². The number of hydrogen-bond donors (Lipinski definition) is 4. The van der Waals surface area contributed by atoms with E-state index in [-0.39, 0.29) is 127 Å². The van der Waals surface area contributed by atoms with Crippen molar-refractivity contribution in [2.24, 2.45) is 0 Å². The molecular formula is H8BaEuMgO4Si. The van der Waals surface area contributed by atoms with E-state index >= 15 is 0 Å². The number of rotatable bonds is 0. The fourth-order valence-corrected chi connectivity index (χ4v) is 0. The third-order valence-corrected chi connectivity index (χ3v) is 0. The third-order valence-electron chi connectivity index (χ3n) is 0. The minimum absolute atomic E-state index is 0. The van der Waals surface area contributed by atoms with Crippen LogP contribution in [0.2, 0.25) is 0 Å².